The molecule has 2 aromatic rings. The predicted octanol–water partition coefficient (Wildman–Crippen LogP) is 4.00. The van der Waals surface area contributed by atoms with Gasteiger partial charge in [0.1, 0.15) is 19.0 Å². The summed E-state index contributed by atoms with van der Waals surface area (Å²) in [4.78, 5) is 10.8. The summed E-state index contributed by atoms with van der Waals surface area (Å²) >= 11 is 3.44. The lowest BCUT2D eigenvalue weighted by molar-refractivity contribution is -0.140. The normalized spacial score (nSPS) is 10.1. The van der Waals surface area contributed by atoms with Gasteiger partial charge >= 0.3 is 5.97 Å². The van der Waals surface area contributed by atoms with Gasteiger partial charge in [-0.2, -0.15) is 0 Å². The molecule has 0 aliphatic heterocycles. The van der Waals surface area contributed by atoms with Crippen molar-refractivity contribution in [3.8, 4) is 5.75 Å². The lowest BCUT2D eigenvalue weighted by atomic mass is 10.2. The van der Waals surface area contributed by atoms with Crippen LogP contribution < -0.4 is 10.1 Å². The number of hydrogen-bond donors (Lipinski definition) is 1. The monoisotopic (exact) mass is 363 g/mol. The lowest BCUT2D eigenvalue weighted by Crippen LogP contribution is -2.12. The minimum atomic E-state index is -0.281. The van der Waals surface area contributed by atoms with Gasteiger partial charge in [0.25, 0.3) is 0 Å². The zero-order valence-corrected chi connectivity index (χ0v) is 13.9. The van der Waals surface area contributed by atoms with Crippen LogP contribution in [0.4, 0.5) is 5.69 Å². The summed E-state index contributed by atoms with van der Waals surface area (Å²) in [5, 5.41) is 3.21. The molecule has 1 N–H and O–H groups in total. The maximum atomic E-state index is 10.8. The molecule has 22 heavy (non-hydrogen) atoms. The molecule has 5 heteroatoms. The Kier molecular flexibility index (Phi) is 6.27. The summed E-state index contributed by atoms with van der Waals surface area (Å²) in [6.07, 6.45) is 0. The van der Waals surface area contributed by atoms with Crippen LogP contribution in [-0.4, -0.2) is 19.1 Å². The zero-order chi connectivity index (χ0) is 15.8. The molecule has 2 rings (SSSR count). The molecule has 4 nitrogen and oxygen atoms in total. The molecule has 0 heterocycles. The molecule has 0 radical (unpaired) electrons. The predicted molar refractivity (Wildman–Crippen MR) is 90.0 cm³/mol. The van der Waals surface area contributed by atoms with Gasteiger partial charge in [-0.05, 0) is 23.8 Å². The fraction of sp³-hybridized carbons (Fsp3) is 0.235. The maximum absolute atomic E-state index is 10.8. The van der Waals surface area contributed by atoms with Gasteiger partial charge in [-0.15, -0.1) is 0 Å². The Morgan fingerprint density at radius 3 is 2.68 bits per heavy atom. The third-order valence-electron chi connectivity index (χ3n) is 2.90. The second-order valence-electron chi connectivity index (χ2n) is 4.68. The smallest absolute Gasteiger partial charge is 0.302 e. The molecule has 0 atom stereocenters. The topological polar surface area (TPSA) is 47.6 Å². The molecule has 0 bridgehead atoms. The van der Waals surface area contributed by atoms with Crippen molar-refractivity contribution in [3.05, 3.63) is 58.6 Å². The standard InChI is InChI=1S/C17H18BrNO3/c1-13(20)21-10-9-19-16-11-15(18)7-8-17(16)22-12-14-5-3-2-4-6-14/h2-8,11,19H,9-10,12H2,1H3. The van der Waals surface area contributed by atoms with Gasteiger partial charge in [-0.3, -0.25) is 4.79 Å². The molecular formula is C17H18BrNO3. The molecule has 116 valence electrons. The number of esters is 1. The van der Waals surface area contributed by atoms with Gasteiger partial charge in [-0.1, -0.05) is 46.3 Å². The average Bonchev–Trinajstić information content (AvgIpc) is 2.51. The van der Waals surface area contributed by atoms with Crippen molar-refractivity contribution < 1.29 is 14.3 Å². The highest BCUT2D eigenvalue weighted by atomic mass is 79.9. The van der Waals surface area contributed by atoms with Crippen LogP contribution in [0.1, 0.15) is 12.5 Å². The lowest BCUT2D eigenvalue weighted by Gasteiger charge is -2.14. The molecule has 0 aromatic heterocycles. The van der Waals surface area contributed by atoms with Crippen molar-refractivity contribution >= 4 is 27.6 Å². The highest BCUT2D eigenvalue weighted by Crippen LogP contribution is 2.28. The number of halogens is 1. The van der Waals surface area contributed by atoms with Gasteiger partial charge in [0, 0.05) is 17.9 Å². The molecule has 0 fully saturated rings. The highest BCUT2D eigenvalue weighted by Gasteiger charge is 2.05. The Hall–Kier alpha value is -2.01. The van der Waals surface area contributed by atoms with Crippen LogP contribution in [0.15, 0.2) is 53.0 Å². The average molecular weight is 364 g/mol. The van der Waals surface area contributed by atoms with E-state index in [4.69, 9.17) is 9.47 Å². The Morgan fingerprint density at radius 1 is 1.18 bits per heavy atom. The first-order chi connectivity index (χ1) is 10.6. The highest BCUT2D eigenvalue weighted by molar-refractivity contribution is 9.10. The van der Waals surface area contributed by atoms with Gasteiger partial charge < -0.3 is 14.8 Å². The Labute approximate surface area is 138 Å². The number of ether oxygens (including phenoxy) is 2. The van der Waals surface area contributed by atoms with Gasteiger partial charge in [0.05, 0.1) is 5.69 Å². The minimum absolute atomic E-state index is 0.281. The van der Waals surface area contributed by atoms with E-state index in [1.54, 1.807) is 0 Å². The molecule has 0 amide bonds. The molecule has 0 unspecified atom stereocenters. The van der Waals surface area contributed by atoms with Crippen molar-refractivity contribution in [1.29, 1.82) is 0 Å². The summed E-state index contributed by atoms with van der Waals surface area (Å²) in [5.41, 5.74) is 1.97. The molecule has 0 saturated heterocycles. The molecular weight excluding hydrogens is 346 g/mol. The zero-order valence-electron chi connectivity index (χ0n) is 12.3. The van der Waals surface area contributed by atoms with Crippen LogP contribution in [0.3, 0.4) is 0 Å². The SMILES string of the molecule is CC(=O)OCCNc1cc(Br)ccc1OCc1ccccc1. The quantitative estimate of drug-likeness (QED) is 0.596. The molecule has 2 aromatic carbocycles. The van der Waals surface area contributed by atoms with Crippen molar-refractivity contribution in [2.75, 3.05) is 18.5 Å². The van der Waals surface area contributed by atoms with Crippen molar-refractivity contribution in [3.63, 3.8) is 0 Å². The molecule has 0 spiro atoms. The number of anilines is 1. The van der Waals surface area contributed by atoms with E-state index in [9.17, 15) is 4.79 Å². The van der Waals surface area contributed by atoms with Crippen LogP contribution >= 0.6 is 15.9 Å². The van der Waals surface area contributed by atoms with Crippen LogP contribution in [-0.2, 0) is 16.1 Å². The van der Waals surface area contributed by atoms with E-state index in [-0.39, 0.29) is 5.97 Å². The van der Waals surface area contributed by atoms with E-state index < -0.39 is 0 Å². The Balaban J connectivity index is 1.96. The second kappa shape index (κ2) is 8.44. The molecule has 0 aliphatic rings. The third-order valence-corrected chi connectivity index (χ3v) is 3.39. The second-order valence-corrected chi connectivity index (χ2v) is 5.60. The first kappa shape index (κ1) is 16.4. The van der Waals surface area contributed by atoms with E-state index >= 15 is 0 Å². The maximum Gasteiger partial charge on any atom is 0.302 e. The van der Waals surface area contributed by atoms with Crippen molar-refractivity contribution in [2.24, 2.45) is 0 Å². The van der Waals surface area contributed by atoms with E-state index in [0.717, 1.165) is 21.5 Å². The van der Waals surface area contributed by atoms with E-state index in [1.807, 2.05) is 48.5 Å². The number of hydrogen-bond acceptors (Lipinski definition) is 4. The number of nitrogens with one attached hydrogen (secondary N) is 1. The van der Waals surface area contributed by atoms with E-state index in [1.165, 1.54) is 6.92 Å². The fourth-order valence-electron chi connectivity index (χ4n) is 1.88. The number of carbonyl (C=O) groups excluding carboxylic acids is 1. The van der Waals surface area contributed by atoms with Gasteiger partial charge in [0.2, 0.25) is 0 Å². The Bertz CT molecular complexity index is 617. The van der Waals surface area contributed by atoms with Crippen LogP contribution in [0.5, 0.6) is 5.75 Å². The Morgan fingerprint density at radius 2 is 1.95 bits per heavy atom. The van der Waals surface area contributed by atoms with Crippen LogP contribution in [0, 0.1) is 0 Å². The molecule has 0 aliphatic carbocycles. The molecule has 0 saturated carbocycles. The summed E-state index contributed by atoms with van der Waals surface area (Å²) < 4.78 is 11.7. The van der Waals surface area contributed by atoms with Crippen LogP contribution in [0.2, 0.25) is 0 Å². The van der Waals surface area contributed by atoms with E-state index in [2.05, 4.69) is 21.2 Å². The fourth-order valence-corrected chi connectivity index (χ4v) is 2.24. The first-order valence-electron chi connectivity index (χ1n) is 6.98. The van der Waals surface area contributed by atoms with Crippen molar-refractivity contribution in [1.82, 2.24) is 0 Å². The van der Waals surface area contributed by atoms with Crippen molar-refractivity contribution in [2.45, 2.75) is 13.5 Å². The first-order valence-corrected chi connectivity index (χ1v) is 7.78. The van der Waals surface area contributed by atoms with E-state index in [0.29, 0.717) is 19.8 Å². The van der Waals surface area contributed by atoms with Crippen LogP contribution in [0.25, 0.3) is 0 Å². The van der Waals surface area contributed by atoms with Gasteiger partial charge in [0.15, 0.2) is 0 Å². The third kappa shape index (κ3) is 5.41. The number of rotatable bonds is 7. The minimum Gasteiger partial charge on any atom is -0.487 e. The summed E-state index contributed by atoms with van der Waals surface area (Å²) in [5.74, 6) is 0.478. The van der Waals surface area contributed by atoms with Gasteiger partial charge in [-0.25, -0.2) is 0 Å². The summed E-state index contributed by atoms with van der Waals surface area (Å²) in [6.45, 7) is 2.74. The number of benzene rings is 2. The summed E-state index contributed by atoms with van der Waals surface area (Å²) in [7, 11) is 0. The number of carbonyl (C=O) groups is 1. The largest absolute Gasteiger partial charge is 0.487 e. The summed E-state index contributed by atoms with van der Waals surface area (Å²) in [6, 6.07) is 15.8.